The zero-order valence-electron chi connectivity index (χ0n) is 11.5. The van der Waals surface area contributed by atoms with Gasteiger partial charge in [-0.25, -0.2) is 0 Å². The number of carbonyl (C=O) groups is 1. The summed E-state index contributed by atoms with van der Waals surface area (Å²) in [5, 5.41) is 20.5. The van der Waals surface area contributed by atoms with Crippen LogP contribution in [0.2, 0.25) is 0 Å². The quantitative estimate of drug-likeness (QED) is 0.667. The number of rotatable bonds is 4. The zero-order valence-corrected chi connectivity index (χ0v) is 11.5. The molecule has 1 aliphatic heterocycles. The van der Waals surface area contributed by atoms with Gasteiger partial charge in [-0.3, -0.25) is 14.9 Å². The number of nitro groups is 1. The Kier molecular flexibility index (Phi) is 4.39. The van der Waals surface area contributed by atoms with Gasteiger partial charge in [0.2, 0.25) is 0 Å². The Morgan fingerprint density at radius 2 is 2.35 bits per heavy atom. The number of aromatic nitrogens is 1. The lowest BCUT2D eigenvalue weighted by Gasteiger charge is -2.30. The van der Waals surface area contributed by atoms with Crippen molar-refractivity contribution in [2.45, 2.75) is 38.8 Å². The van der Waals surface area contributed by atoms with Gasteiger partial charge in [0.25, 0.3) is 11.6 Å². The molecule has 1 amide bonds. The van der Waals surface area contributed by atoms with Crippen molar-refractivity contribution < 1.29 is 14.8 Å². The Morgan fingerprint density at radius 1 is 1.60 bits per heavy atom. The zero-order chi connectivity index (χ0) is 14.7. The van der Waals surface area contributed by atoms with Gasteiger partial charge in [-0.05, 0) is 19.3 Å². The summed E-state index contributed by atoms with van der Waals surface area (Å²) in [5.74, 6) is -0.245. The van der Waals surface area contributed by atoms with Crippen LogP contribution < -0.4 is 0 Å². The van der Waals surface area contributed by atoms with E-state index in [4.69, 9.17) is 0 Å². The fourth-order valence-corrected chi connectivity index (χ4v) is 2.50. The monoisotopic (exact) mass is 281 g/mol. The van der Waals surface area contributed by atoms with Gasteiger partial charge < -0.3 is 14.6 Å². The molecule has 7 nitrogen and oxygen atoms in total. The molecule has 0 radical (unpaired) electrons. The number of piperidine rings is 1. The van der Waals surface area contributed by atoms with E-state index in [-0.39, 0.29) is 11.6 Å². The molecule has 1 N–H and O–H groups in total. The van der Waals surface area contributed by atoms with Gasteiger partial charge in [0.15, 0.2) is 0 Å². The van der Waals surface area contributed by atoms with Gasteiger partial charge >= 0.3 is 0 Å². The van der Waals surface area contributed by atoms with Crippen LogP contribution in [0.1, 0.15) is 36.7 Å². The highest BCUT2D eigenvalue weighted by Gasteiger charge is 2.27. The van der Waals surface area contributed by atoms with E-state index in [0.29, 0.717) is 31.7 Å². The summed E-state index contributed by atoms with van der Waals surface area (Å²) in [6, 6.07) is 1.32. The molecule has 1 aliphatic rings. The maximum Gasteiger partial charge on any atom is 0.287 e. The average Bonchev–Trinajstić information content (AvgIpc) is 2.82. The normalized spacial score (nSPS) is 19.1. The number of nitrogens with zero attached hydrogens (tertiary/aromatic N) is 3. The standard InChI is InChI=1S/C13H19N3O4/c1-2-5-14-8-10(16(19)20)7-12(14)13(18)15-6-3-4-11(17)9-15/h7-8,11,17H,2-6,9H2,1H3/t11-/m0/s1. The summed E-state index contributed by atoms with van der Waals surface area (Å²) < 4.78 is 1.63. The van der Waals surface area contributed by atoms with Crippen LogP contribution in [0.3, 0.4) is 0 Å². The minimum Gasteiger partial charge on any atom is -0.391 e. The fraction of sp³-hybridized carbons (Fsp3) is 0.615. The maximum atomic E-state index is 12.4. The van der Waals surface area contributed by atoms with Gasteiger partial charge in [0.1, 0.15) is 5.69 Å². The first-order chi connectivity index (χ1) is 9.52. The first kappa shape index (κ1) is 14.5. The fourth-order valence-electron chi connectivity index (χ4n) is 2.50. The van der Waals surface area contributed by atoms with E-state index in [9.17, 15) is 20.0 Å². The van der Waals surface area contributed by atoms with E-state index in [1.165, 1.54) is 12.3 Å². The number of aliphatic hydroxyl groups excluding tert-OH is 1. The molecule has 2 rings (SSSR count). The number of aliphatic hydroxyl groups is 1. The third kappa shape index (κ3) is 2.98. The second-order valence-electron chi connectivity index (χ2n) is 5.08. The second-order valence-corrected chi connectivity index (χ2v) is 5.08. The molecular weight excluding hydrogens is 262 g/mol. The van der Waals surface area contributed by atoms with Crippen LogP contribution in [0.15, 0.2) is 12.3 Å². The number of amides is 1. The lowest BCUT2D eigenvalue weighted by atomic mass is 10.1. The third-order valence-electron chi connectivity index (χ3n) is 3.46. The molecule has 0 aliphatic carbocycles. The number of β-amino-alcohol motifs (C(OH)–C–C–N with tert-alkyl or cyclic N) is 1. The minimum atomic E-state index is -0.503. The van der Waals surface area contributed by atoms with Crippen molar-refractivity contribution in [3.05, 3.63) is 28.1 Å². The third-order valence-corrected chi connectivity index (χ3v) is 3.46. The molecule has 7 heteroatoms. The van der Waals surface area contributed by atoms with Gasteiger partial charge in [-0.15, -0.1) is 0 Å². The van der Waals surface area contributed by atoms with Crippen LogP contribution >= 0.6 is 0 Å². The molecule has 1 fully saturated rings. The summed E-state index contributed by atoms with van der Waals surface area (Å²) >= 11 is 0. The maximum absolute atomic E-state index is 12.4. The van der Waals surface area contributed by atoms with Crippen LogP contribution in [0.25, 0.3) is 0 Å². The molecule has 1 atom stereocenters. The van der Waals surface area contributed by atoms with Gasteiger partial charge in [0, 0.05) is 25.7 Å². The average molecular weight is 281 g/mol. The highest BCUT2D eigenvalue weighted by molar-refractivity contribution is 5.93. The van der Waals surface area contributed by atoms with Crippen molar-refractivity contribution in [1.82, 2.24) is 9.47 Å². The molecule has 0 spiro atoms. The molecule has 0 saturated carbocycles. The summed E-state index contributed by atoms with van der Waals surface area (Å²) in [7, 11) is 0. The highest BCUT2D eigenvalue weighted by Crippen LogP contribution is 2.20. The van der Waals surface area contributed by atoms with Crippen molar-refractivity contribution >= 4 is 11.6 Å². The van der Waals surface area contributed by atoms with Gasteiger partial charge in [-0.2, -0.15) is 0 Å². The Balaban J connectivity index is 2.25. The van der Waals surface area contributed by atoms with Crippen LogP contribution in [0, 0.1) is 10.1 Å². The first-order valence-corrected chi connectivity index (χ1v) is 6.84. The molecular formula is C13H19N3O4. The second kappa shape index (κ2) is 6.04. The SMILES string of the molecule is CCCn1cc([N+](=O)[O-])cc1C(=O)N1CCC[C@H](O)C1. The minimum absolute atomic E-state index is 0.0700. The molecule has 1 saturated heterocycles. The van der Waals surface area contributed by atoms with Crippen molar-refractivity contribution in [2.24, 2.45) is 0 Å². The summed E-state index contributed by atoms with van der Waals surface area (Å²) in [6.07, 6.45) is 3.13. The van der Waals surface area contributed by atoms with Crippen LogP contribution in [-0.4, -0.2) is 44.6 Å². The molecule has 0 unspecified atom stereocenters. The molecule has 20 heavy (non-hydrogen) atoms. The number of likely N-dealkylation sites (tertiary alicyclic amines) is 1. The van der Waals surface area contributed by atoms with Crippen molar-refractivity contribution in [3.63, 3.8) is 0 Å². The molecule has 0 bridgehead atoms. The van der Waals surface area contributed by atoms with Crippen molar-refractivity contribution in [1.29, 1.82) is 0 Å². The number of aryl methyl sites for hydroxylation is 1. The van der Waals surface area contributed by atoms with Crippen LogP contribution in [0.5, 0.6) is 0 Å². The van der Waals surface area contributed by atoms with E-state index >= 15 is 0 Å². The van der Waals surface area contributed by atoms with Gasteiger partial charge in [-0.1, -0.05) is 6.92 Å². The summed E-state index contributed by atoms with van der Waals surface area (Å²) in [5.41, 5.74) is 0.256. The predicted molar refractivity (Wildman–Crippen MR) is 72.5 cm³/mol. The number of carbonyl (C=O) groups excluding carboxylic acids is 1. The number of hydrogen-bond acceptors (Lipinski definition) is 4. The molecule has 110 valence electrons. The molecule has 1 aromatic rings. The van der Waals surface area contributed by atoms with Crippen molar-refractivity contribution in [3.8, 4) is 0 Å². The Labute approximate surface area is 116 Å². The van der Waals surface area contributed by atoms with E-state index < -0.39 is 11.0 Å². The lowest BCUT2D eigenvalue weighted by molar-refractivity contribution is -0.384. The Hall–Kier alpha value is -1.89. The van der Waals surface area contributed by atoms with Crippen LogP contribution in [0.4, 0.5) is 5.69 Å². The smallest absolute Gasteiger partial charge is 0.287 e. The molecule has 2 heterocycles. The number of hydrogen-bond donors (Lipinski definition) is 1. The van der Waals surface area contributed by atoms with E-state index in [1.54, 1.807) is 9.47 Å². The van der Waals surface area contributed by atoms with Crippen LogP contribution in [-0.2, 0) is 6.54 Å². The first-order valence-electron chi connectivity index (χ1n) is 6.84. The van der Waals surface area contributed by atoms with E-state index in [2.05, 4.69) is 0 Å². The Morgan fingerprint density at radius 3 is 2.95 bits per heavy atom. The predicted octanol–water partition coefficient (Wildman–Crippen LogP) is 1.40. The lowest BCUT2D eigenvalue weighted by Crippen LogP contribution is -2.42. The van der Waals surface area contributed by atoms with E-state index in [0.717, 1.165) is 12.8 Å². The Bertz CT molecular complexity index is 512. The summed E-state index contributed by atoms with van der Waals surface area (Å²) in [4.78, 5) is 24.4. The highest BCUT2D eigenvalue weighted by atomic mass is 16.6. The molecule has 0 aromatic carbocycles. The van der Waals surface area contributed by atoms with Crippen molar-refractivity contribution in [2.75, 3.05) is 13.1 Å². The topological polar surface area (TPSA) is 88.6 Å². The largest absolute Gasteiger partial charge is 0.391 e. The van der Waals surface area contributed by atoms with E-state index in [1.807, 2.05) is 6.92 Å². The molecule has 1 aromatic heterocycles. The van der Waals surface area contributed by atoms with Gasteiger partial charge in [0.05, 0.1) is 17.2 Å². The summed E-state index contributed by atoms with van der Waals surface area (Å²) in [6.45, 7) is 3.39.